The fourth-order valence-corrected chi connectivity index (χ4v) is 6.35. The van der Waals surface area contributed by atoms with Gasteiger partial charge in [-0.05, 0) is 72.9 Å². The second-order valence-electron chi connectivity index (χ2n) is 10.5. The van der Waals surface area contributed by atoms with E-state index in [0.717, 1.165) is 35.4 Å². The number of fused-ring (bicyclic) bond motifs is 3. The van der Waals surface area contributed by atoms with Gasteiger partial charge in [-0.3, -0.25) is 4.79 Å². The highest BCUT2D eigenvalue weighted by Crippen LogP contribution is 2.46. The van der Waals surface area contributed by atoms with Gasteiger partial charge >= 0.3 is 5.97 Å². The molecule has 2 atom stereocenters. The van der Waals surface area contributed by atoms with Crippen LogP contribution in [0.15, 0.2) is 48.5 Å². The Balaban J connectivity index is 1.38. The molecule has 0 fully saturated rings. The van der Waals surface area contributed by atoms with Crippen molar-refractivity contribution in [3.63, 3.8) is 0 Å². The van der Waals surface area contributed by atoms with E-state index in [2.05, 4.69) is 31.4 Å². The third-order valence-corrected chi connectivity index (χ3v) is 8.27. The van der Waals surface area contributed by atoms with Crippen LogP contribution in [0.5, 0.6) is 11.5 Å². The number of benzene rings is 2. The van der Waals surface area contributed by atoms with Crippen molar-refractivity contribution in [2.24, 2.45) is 11.3 Å². The van der Waals surface area contributed by atoms with E-state index in [9.17, 15) is 9.59 Å². The number of rotatable bonds is 5. The maximum absolute atomic E-state index is 13.2. The first kappa shape index (κ1) is 24.4. The number of esters is 1. The zero-order valence-corrected chi connectivity index (χ0v) is 22.0. The van der Waals surface area contributed by atoms with E-state index in [4.69, 9.17) is 9.47 Å². The standard InChI is InChI=1S/C29H32N2O4S/c1-5-34-22-15-18(11-14-21(22)35-28(33)17-9-7-6-8-10-17)25-30-26(32)24-20-13-12-19(29(2,3)4)16-23(20)36-27(24)31-25/h6-11,14-15,19,25,31H,5,12-13,16H2,1-4H3,(H,30,32)/t19-,25-/m1/s1. The maximum atomic E-state index is 13.2. The van der Waals surface area contributed by atoms with E-state index in [0.29, 0.717) is 29.6 Å². The minimum atomic E-state index is -0.448. The van der Waals surface area contributed by atoms with Gasteiger partial charge in [-0.15, -0.1) is 11.3 Å². The Morgan fingerprint density at radius 2 is 1.86 bits per heavy atom. The molecule has 0 spiro atoms. The van der Waals surface area contributed by atoms with E-state index < -0.39 is 12.1 Å². The molecule has 1 amide bonds. The average molecular weight is 505 g/mol. The summed E-state index contributed by atoms with van der Waals surface area (Å²) in [6, 6.07) is 14.2. The molecular weight excluding hydrogens is 472 g/mol. The molecule has 1 aromatic heterocycles. The molecule has 36 heavy (non-hydrogen) atoms. The van der Waals surface area contributed by atoms with Gasteiger partial charge in [0.25, 0.3) is 5.91 Å². The van der Waals surface area contributed by atoms with Crippen molar-refractivity contribution in [3.05, 3.63) is 75.7 Å². The number of anilines is 1. The summed E-state index contributed by atoms with van der Waals surface area (Å²) in [7, 11) is 0. The lowest BCUT2D eigenvalue weighted by Crippen LogP contribution is -2.38. The molecule has 0 bridgehead atoms. The Kier molecular flexibility index (Phi) is 6.51. The van der Waals surface area contributed by atoms with Crippen molar-refractivity contribution < 1.29 is 19.1 Å². The van der Waals surface area contributed by atoms with E-state index in [-0.39, 0.29) is 11.3 Å². The zero-order valence-electron chi connectivity index (χ0n) is 21.1. The molecule has 0 saturated heterocycles. The van der Waals surface area contributed by atoms with Crippen LogP contribution in [-0.2, 0) is 12.8 Å². The number of hydrogen-bond donors (Lipinski definition) is 2. The fraction of sp³-hybridized carbons (Fsp3) is 0.379. The van der Waals surface area contributed by atoms with Crippen LogP contribution >= 0.6 is 11.3 Å². The highest BCUT2D eigenvalue weighted by atomic mass is 32.1. The van der Waals surface area contributed by atoms with Gasteiger partial charge in [-0.1, -0.05) is 45.0 Å². The molecule has 0 unspecified atom stereocenters. The van der Waals surface area contributed by atoms with Crippen molar-refractivity contribution in [3.8, 4) is 11.5 Å². The van der Waals surface area contributed by atoms with Crippen LogP contribution in [0.2, 0.25) is 0 Å². The van der Waals surface area contributed by atoms with E-state index >= 15 is 0 Å². The van der Waals surface area contributed by atoms with Crippen LogP contribution in [0.3, 0.4) is 0 Å². The number of amides is 1. The summed E-state index contributed by atoms with van der Waals surface area (Å²) in [6.45, 7) is 9.19. The van der Waals surface area contributed by atoms with Gasteiger partial charge < -0.3 is 20.1 Å². The molecule has 2 aromatic carbocycles. The monoisotopic (exact) mass is 504 g/mol. The number of carbonyl (C=O) groups excluding carboxylic acids is 2. The highest BCUT2D eigenvalue weighted by molar-refractivity contribution is 7.16. The first-order valence-corrected chi connectivity index (χ1v) is 13.3. The van der Waals surface area contributed by atoms with Crippen molar-refractivity contribution in [2.75, 3.05) is 11.9 Å². The predicted molar refractivity (Wildman–Crippen MR) is 142 cm³/mol. The molecular formula is C29H32N2O4S. The molecule has 1 aliphatic heterocycles. The molecule has 188 valence electrons. The third-order valence-electron chi connectivity index (χ3n) is 7.08. The van der Waals surface area contributed by atoms with Crippen LogP contribution in [0, 0.1) is 11.3 Å². The fourth-order valence-electron chi connectivity index (χ4n) is 4.99. The molecule has 0 saturated carbocycles. The molecule has 5 rings (SSSR count). The molecule has 0 radical (unpaired) electrons. The van der Waals surface area contributed by atoms with Crippen LogP contribution in [0.1, 0.15) is 77.0 Å². The normalized spacial score (nSPS) is 18.9. The van der Waals surface area contributed by atoms with E-state index in [1.54, 1.807) is 41.7 Å². The summed E-state index contributed by atoms with van der Waals surface area (Å²) in [6.07, 6.45) is 2.67. The molecule has 2 N–H and O–H groups in total. The van der Waals surface area contributed by atoms with Crippen LogP contribution < -0.4 is 20.1 Å². The number of hydrogen-bond acceptors (Lipinski definition) is 6. The van der Waals surface area contributed by atoms with Crippen LogP contribution in [-0.4, -0.2) is 18.5 Å². The Morgan fingerprint density at radius 1 is 1.08 bits per heavy atom. The first-order valence-electron chi connectivity index (χ1n) is 12.5. The lowest BCUT2D eigenvalue weighted by Gasteiger charge is -2.34. The first-order chi connectivity index (χ1) is 17.2. The number of thiophene rings is 1. The summed E-state index contributed by atoms with van der Waals surface area (Å²) in [5.41, 5.74) is 3.56. The zero-order chi connectivity index (χ0) is 25.4. The predicted octanol–water partition coefficient (Wildman–Crippen LogP) is 6.37. The van der Waals surface area contributed by atoms with Crippen molar-refractivity contribution in [1.82, 2.24) is 5.32 Å². The van der Waals surface area contributed by atoms with Gasteiger partial charge in [0.1, 0.15) is 11.2 Å². The van der Waals surface area contributed by atoms with E-state index in [1.807, 2.05) is 25.1 Å². The Hall–Kier alpha value is -3.32. The second kappa shape index (κ2) is 9.62. The molecule has 1 aliphatic carbocycles. The average Bonchev–Trinajstić information content (AvgIpc) is 3.23. The van der Waals surface area contributed by atoms with Gasteiger partial charge in [-0.25, -0.2) is 4.79 Å². The Morgan fingerprint density at radius 3 is 2.58 bits per heavy atom. The lowest BCUT2D eigenvalue weighted by molar-refractivity contribution is 0.0728. The summed E-state index contributed by atoms with van der Waals surface area (Å²) >= 11 is 1.71. The maximum Gasteiger partial charge on any atom is 0.343 e. The van der Waals surface area contributed by atoms with Gasteiger partial charge in [0.05, 0.1) is 17.7 Å². The van der Waals surface area contributed by atoms with Gasteiger partial charge in [0.15, 0.2) is 11.5 Å². The molecule has 3 aromatic rings. The summed E-state index contributed by atoms with van der Waals surface area (Å²) in [5.74, 6) is 0.925. The molecule has 6 nitrogen and oxygen atoms in total. The van der Waals surface area contributed by atoms with Crippen LogP contribution in [0.25, 0.3) is 0 Å². The SMILES string of the molecule is CCOc1cc([C@@H]2NC(=O)c3c(sc4c3CC[C@@H](C(C)(C)C)C4)N2)ccc1OC(=O)c1ccccc1. The largest absolute Gasteiger partial charge is 0.490 e. The van der Waals surface area contributed by atoms with Gasteiger partial charge in [0.2, 0.25) is 0 Å². The van der Waals surface area contributed by atoms with Crippen molar-refractivity contribution in [2.45, 2.75) is 53.1 Å². The minimum Gasteiger partial charge on any atom is -0.490 e. The van der Waals surface area contributed by atoms with Crippen LogP contribution in [0.4, 0.5) is 5.00 Å². The van der Waals surface area contributed by atoms with Crippen molar-refractivity contribution in [1.29, 1.82) is 0 Å². The third kappa shape index (κ3) is 4.72. The highest BCUT2D eigenvalue weighted by Gasteiger charge is 2.36. The topological polar surface area (TPSA) is 76.7 Å². The smallest absolute Gasteiger partial charge is 0.343 e. The van der Waals surface area contributed by atoms with E-state index in [1.165, 1.54) is 10.4 Å². The molecule has 2 heterocycles. The molecule has 7 heteroatoms. The van der Waals surface area contributed by atoms with Crippen molar-refractivity contribution >= 4 is 28.2 Å². The second-order valence-corrected chi connectivity index (χ2v) is 11.6. The molecule has 2 aliphatic rings. The number of nitrogens with one attached hydrogen (secondary N) is 2. The Labute approximate surface area is 216 Å². The number of carbonyl (C=O) groups is 2. The summed E-state index contributed by atoms with van der Waals surface area (Å²) in [4.78, 5) is 27.1. The minimum absolute atomic E-state index is 0.0435. The lowest BCUT2D eigenvalue weighted by atomic mass is 9.72. The summed E-state index contributed by atoms with van der Waals surface area (Å²) in [5, 5.41) is 7.58. The Bertz CT molecular complexity index is 1290. The number of ether oxygens (including phenoxy) is 2. The summed E-state index contributed by atoms with van der Waals surface area (Å²) < 4.78 is 11.4. The van der Waals surface area contributed by atoms with Gasteiger partial charge in [0, 0.05) is 4.88 Å². The quantitative estimate of drug-likeness (QED) is 0.312. The van der Waals surface area contributed by atoms with Gasteiger partial charge in [-0.2, -0.15) is 0 Å².